The predicted octanol–water partition coefficient (Wildman–Crippen LogP) is 3.53. The van der Waals surface area contributed by atoms with Crippen molar-refractivity contribution < 1.29 is 4.74 Å². The van der Waals surface area contributed by atoms with Gasteiger partial charge in [-0.1, -0.05) is 6.08 Å². The highest BCUT2D eigenvalue weighted by Gasteiger charge is 2.00. The first-order valence-corrected chi connectivity index (χ1v) is 6.18. The smallest absolute Gasteiger partial charge is 0.127 e. The summed E-state index contributed by atoms with van der Waals surface area (Å²) in [6.07, 6.45) is 8.47. The van der Waals surface area contributed by atoms with Crippen LogP contribution in [-0.4, -0.2) is 7.05 Å². The number of benzene rings is 1. The Morgan fingerprint density at radius 2 is 2.00 bits per heavy atom. The third-order valence-electron chi connectivity index (χ3n) is 2.24. The van der Waals surface area contributed by atoms with Crippen molar-refractivity contribution in [1.82, 2.24) is 4.72 Å². The van der Waals surface area contributed by atoms with Crippen molar-refractivity contribution in [3.63, 3.8) is 0 Å². The number of ether oxygens (including phenoxy) is 1. The predicted molar refractivity (Wildman–Crippen MR) is 68.4 cm³/mol. The minimum Gasteiger partial charge on any atom is -0.458 e. The lowest BCUT2D eigenvalue weighted by Crippen LogP contribution is -1.95. The molecule has 0 radical (unpaired) electrons. The highest BCUT2D eigenvalue weighted by molar-refractivity contribution is 7.97. The third-order valence-corrected chi connectivity index (χ3v) is 2.95. The standard InChI is InChI=1S/C13H15NOS/c1-14-16-13-9-7-12(8-10-13)15-11-5-3-2-4-6-11/h3,5-10,14H,2,4H2,1H3. The largest absolute Gasteiger partial charge is 0.458 e. The number of hydrogen-bond acceptors (Lipinski definition) is 3. The fourth-order valence-electron chi connectivity index (χ4n) is 1.49. The molecule has 0 spiro atoms. The van der Waals surface area contributed by atoms with E-state index in [1.807, 2.05) is 37.4 Å². The molecule has 2 rings (SSSR count). The number of allylic oxidation sites excluding steroid dienone is 3. The van der Waals surface area contributed by atoms with Crippen LogP contribution in [0.5, 0.6) is 5.75 Å². The minimum atomic E-state index is 0.887. The number of nitrogens with one attached hydrogen (secondary N) is 1. The van der Waals surface area contributed by atoms with E-state index in [4.69, 9.17) is 4.74 Å². The second kappa shape index (κ2) is 5.77. The average Bonchev–Trinajstić information content (AvgIpc) is 2.33. The summed E-state index contributed by atoms with van der Waals surface area (Å²) in [5.41, 5.74) is 0. The highest BCUT2D eigenvalue weighted by atomic mass is 32.2. The SMILES string of the molecule is CNSc1ccc(OC2=CCCC=C2)cc1. The molecule has 1 aromatic carbocycles. The topological polar surface area (TPSA) is 21.3 Å². The van der Waals surface area contributed by atoms with Crippen LogP contribution in [0.3, 0.4) is 0 Å². The second-order valence-electron chi connectivity index (χ2n) is 3.47. The van der Waals surface area contributed by atoms with E-state index in [0.29, 0.717) is 0 Å². The molecule has 0 saturated carbocycles. The zero-order chi connectivity index (χ0) is 11.2. The molecule has 1 aliphatic carbocycles. The Kier molecular flexibility index (Phi) is 4.08. The van der Waals surface area contributed by atoms with Crippen LogP contribution in [-0.2, 0) is 0 Å². The molecule has 2 nitrogen and oxygen atoms in total. The Balaban J connectivity index is 1.99. The van der Waals surface area contributed by atoms with Crippen LogP contribution in [0.25, 0.3) is 0 Å². The Morgan fingerprint density at radius 1 is 1.19 bits per heavy atom. The summed E-state index contributed by atoms with van der Waals surface area (Å²) in [6, 6.07) is 8.07. The van der Waals surface area contributed by atoms with Crippen molar-refractivity contribution >= 4 is 11.9 Å². The van der Waals surface area contributed by atoms with E-state index in [0.717, 1.165) is 24.4 Å². The van der Waals surface area contributed by atoms with E-state index in [2.05, 4.69) is 16.9 Å². The van der Waals surface area contributed by atoms with Gasteiger partial charge in [0.1, 0.15) is 11.5 Å². The van der Waals surface area contributed by atoms with Crippen molar-refractivity contribution in [2.75, 3.05) is 7.05 Å². The van der Waals surface area contributed by atoms with Crippen LogP contribution in [0.15, 0.2) is 53.1 Å². The van der Waals surface area contributed by atoms with E-state index in [9.17, 15) is 0 Å². The summed E-state index contributed by atoms with van der Waals surface area (Å²) < 4.78 is 8.77. The van der Waals surface area contributed by atoms with Crippen LogP contribution in [0.2, 0.25) is 0 Å². The van der Waals surface area contributed by atoms with E-state index in [1.165, 1.54) is 4.90 Å². The Bertz CT molecular complexity index is 395. The molecule has 1 aromatic rings. The summed E-state index contributed by atoms with van der Waals surface area (Å²) in [5.74, 6) is 1.83. The van der Waals surface area contributed by atoms with Gasteiger partial charge in [-0.25, -0.2) is 0 Å². The summed E-state index contributed by atoms with van der Waals surface area (Å²) >= 11 is 1.60. The first-order valence-electron chi connectivity index (χ1n) is 5.37. The van der Waals surface area contributed by atoms with Gasteiger partial charge in [-0.15, -0.1) is 0 Å². The second-order valence-corrected chi connectivity index (χ2v) is 4.55. The summed E-state index contributed by atoms with van der Waals surface area (Å²) in [6.45, 7) is 0. The van der Waals surface area contributed by atoms with E-state index in [-0.39, 0.29) is 0 Å². The van der Waals surface area contributed by atoms with Gasteiger partial charge >= 0.3 is 0 Å². The molecule has 16 heavy (non-hydrogen) atoms. The number of rotatable bonds is 4. The molecule has 0 aromatic heterocycles. The van der Waals surface area contributed by atoms with Gasteiger partial charge in [0, 0.05) is 4.90 Å². The molecule has 1 N–H and O–H groups in total. The fraction of sp³-hybridized carbons (Fsp3) is 0.231. The zero-order valence-corrected chi connectivity index (χ0v) is 10.1. The normalized spacial score (nSPS) is 14.7. The van der Waals surface area contributed by atoms with Gasteiger partial charge in [0.05, 0.1) is 0 Å². The van der Waals surface area contributed by atoms with Crippen molar-refractivity contribution in [3.8, 4) is 5.75 Å². The van der Waals surface area contributed by atoms with Crippen LogP contribution in [0.4, 0.5) is 0 Å². The first-order chi connectivity index (χ1) is 7.88. The molecule has 0 bridgehead atoms. The fourth-order valence-corrected chi connectivity index (χ4v) is 2.00. The molecular weight excluding hydrogens is 218 g/mol. The summed E-state index contributed by atoms with van der Waals surface area (Å²) in [4.78, 5) is 1.18. The van der Waals surface area contributed by atoms with Gasteiger partial charge in [-0.3, -0.25) is 4.72 Å². The molecule has 0 saturated heterocycles. The first kappa shape index (κ1) is 11.3. The molecule has 0 heterocycles. The Morgan fingerprint density at radius 3 is 2.62 bits per heavy atom. The third kappa shape index (κ3) is 3.15. The Hall–Kier alpha value is -1.19. The highest BCUT2D eigenvalue weighted by Crippen LogP contribution is 2.21. The van der Waals surface area contributed by atoms with Gasteiger partial charge in [0.2, 0.25) is 0 Å². The maximum absolute atomic E-state index is 5.73. The van der Waals surface area contributed by atoms with Crippen LogP contribution < -0.4 is 9.46 Å². The monoisotopic (exact) mass is 233 g/mol. The quantitative estimate of drug-likeness (QED) is 0.804. The Labute approximate surface area is 101 Å². The van der Waals surface area contributed by atoms with E-state index < -0.39 is 0 Å². The van der Waals surface area contributed by atoms with Gasteiger partial charge in [-0.2, -0.15) is 0 Å². The molecule has 3 heteroatoms. The lowest BCUT2D eigenvalue weighted by atomic mass is 10.2. The van der Waals surface area contributed by atoms with E-state index >= 15 is 0 Å². The van der Waals surface area contributed by atoms with E-state index in [1.54, 1.807) is 11.9 Å². The maximum atomic E-state index is 5.73. The van der Waals surface area contributed by atoms with Crippen molar-refractivity contribution in [3.05, 3.63) is 48.3 Å². The van der Waals surface area contributed by atoms with Crippen molar-refractivity contribution in [2.45, 2.75) is 17.7 Å². The average molecular weight is 233 g/mol. The lowest BCUT2D eigenvalue weighted by molar-refractivity contribution is 0.439. The zero-order valence-electron chi connectivity index (χ0n) is 9.27. The van der Waals surface area contributed by atoms with Gasteiger partial charge in [0.25, 0.3) is 0 Å². The maximum Gasteiger partial charge on any atom is 0.127 e. The molecule has 0 amide bonds. The van der Waals surface area contributed by atoms with Crippen molar-refractivity contribution in [2.24, 2.45) is 0 Å². The van der Waals surface area contributed by atoms with Crippen LogP contribution in [0.1, 0.15) is 12.8 Å². The molecule has 0 atom stereocenters. The van der Waals surface area contributed by atoms with Gasteiger partial charge < -0.3 is 4.74 Å². The molecule has 84 valence electrons. The minimum absolute atomic E-state index is 0.887. The van der Waals surface area contributed by atoms with Gasteiger partial charge in [-0.05, 0) is 68.3 Å². The lowest BCUT2D eigenvalue weighted by Gasteiger charge is -2.09. The molecule has 0 unspecified atom stereocenters. The molecule has 0 fully saturated rings. The van der Waals surface area contributed by atoms with Crippen LogP contribution in [0, 0.1) is 0 Å². The molecule has 1 aliphatic rings. The molecule has 0 aliphatic heterocycles. The molecular formula is C13H15NOS. The number of hydrogen-bond donors (Lipinski definition) is 1. The van der Waals surface area contributed by atoms with Crippen molar-refractivity contribution in [1.29, 1.82) is 0 Å². The summed E-state index contributed by atoms with van der Waals surface area (Å²) in [5, 5.41) is 0. The summed E-state index contributed by atoms with van der Waals surface area (Å²) in [7, 11) is 1.91. The van der Waals surface area contributed by atoms with Crippen LogP contribution >= 0.6 is 11.9 Å². The van der Waals surface area contributed by atoms with Gasteiger partial charge in [0.15, 0.2) is 0 Å².